The molecule has 124 valence electrons. The molecule has 0 radical (unpaired) electrons. The highest BCUT2D eigenvalue weighted by atomic mass is 32.1. The van der Waals surface area contributed by atoms with Crippen molar-refractivity contribution in [3.63, 3.8) is 0 Å². The number of thiophene rings is 1. The number of aliphatic hydroxyl groups is 1. The lowest BCUT2D eigenvalue weighted by Crippen LogP contribution is -2.38. The smallest absolute Gasteiger partial charge is 0.248 e. The average Bonchev–Trinajstić information content (AvgIpc) is 2.89. The summed E-state index contributed by atoms with van der Waals surface area (Å²) >= 11 is 1.25. The van der Waals surface area contributed by atoms with Crippen LogP contribution >= 0.6 is 11.3 Å². The highest BCUT2D eigenvalue weighted by molar-refractivity contribution is 7.19. The molecule has 3 aromatic heterocycles. The van der Waals surface area contributed by atoms with Crippen LogP contribution in [0, 0.1) is 5.92 Å². The Morgan fingerprint density at radius 1 is 1.25 bits per heavy atom. The van der Waals surface area contributed by atoms with E-state index in [1.165, 1.54) is 17.7 Å². The van der Waals surface area contributed by atoms with Crippen LogP contribution in [0.25, 0.3) is 21.5 Å². The molecule has 8 heteroatoms. The number of halogens is 2. The van der Waals surface area contributed by atoms with Crippen LogP contribution in [0.3, 0.4) is 0 Å². The zero-order valence-electron chi connectivity index (χ0n) is 12.5. The molecule has 0 aromatic carbocycles. The van der Waals surface area contributed by atoms with Gasteiger partial charge in [0.1, 0.15) is 11.2 Å². The van der Waals surface area contributed by atoms with Gasteiger partial charge < -0.3 is 10.8 Å². The quantitative estimate of drug-likeness (QED) is 0.758. The molecule has 5 nitrogen and oxygen atoms in total. The fourth-order valence-electron chi connectivity index (χ4n) is 2.97. The van der Waals surface area contributed by atoms with Crippen LogP contribution in [0.2, 0.25) is 0 Å². The van der Waals surface area contributed by atoms with Crippen molar-refractivity contribution in [3.8, 4) is 11.3 Å². The number of aromatic nitrogens is 3. The maximum atomic E-state index is 13.0. The van der Waals surface area contributed by atoms with Crippen molar-refractivity contribution in [2.45, 2.75) is 24.9 Å². The first-order valence-electron chi connectivity index (χ1n) is 7.45. The topological polar surface area (TPSA) is 84.9 Å². The molecule has 0 amide bonds. The molecule has 0 spiro atoms. The molecule has 0 aliphatic heterocycles. The third-order valence-corrected chi connectivity index (χ3v) is 5.50. The monoisotopic (exact) mass is 348 g/mol. The van der Waals surface area contributed by atoms with Crippen molar-refractivity contribution in [1.29, 1.82) is 0 Å². The van der Waals surface area contributed by atoms with Gasteiger partial charge in [0, 0.05) is 42.1 Å². The normalized spacial score (nSPS) is 18.5. The third kappa shape index (κ3) is 2.51. The second-order valence-electron chi connectivity index (χ2n) is 6.03. The molecule has 1 atom stereocenters. The molecule has 1 saturated carbocycles. The summed E-state index contributed by atoms with van der Waals surface area (Å²) in [5, 5.41) is 11.1. The van der Waals surface area contributed by atoms with Gasteiger partial charge in [0.25, 0.3) is 0 Å². The summed E-state index contributed by atoms with van der Waals surface area (Å²) in [6.45, 7) is 0. The van der Waals surface area contributed by atoms with E-state index >= 15 is 0 Å². The minimum Gasteiger partial charge on any atom is -0.397 e. The first-order chi connectivity index (χ1) is 11.4. The van der Waals surface area contributed by atoms with Gasteiger partial charge in [-0.15, -0.1) is 11.3 Å². The van der Waals surface area contributed by atoms with E-state index in [1.807, 2.05) is 6.07 Å². The molecule has 0 unspecified atom stereocenters. The summed E-state index contributed by atoms with van der Waals surface area (Å²) in [7, 11) is 0. The van der Waals surface area contributed by atoms with Crippen molar-refractivity contribution in [1.82, 2.24) is 15.0 Å². The van der Waals surface area contributed by atoms with Crippen molar-refractivity contribution < 1.29 is 13.9 Å². The zero-order chi connectivity index (χ0) is 16.9. The van der Waals surface area contributed by atoms with Gasteiger partial charge in [-0.25, -0.2) is 23.7 Å². The van der Waals surface area contributed by atoms with E-state index in [-0.39, 0.29) is 12.8 Å². The van der Waals surface area contributed by atoms with E-state index in [0.717, 1.165) is 10.9 Å². The molecule has 3 heterocycles. The molecule has 4 rings (SSSR count). The fraction of sp³-hybridized carbons (Fsp3) is 0.312. The maximum absolute atomic E-state index is 13.0. The molecule has 3 N–H and O–H groups in total. The number of anilines is 1. The van der Waals surface area contributed by atoms with Crippen LogP contribution in [0.5, 0.6) is 0 Å². The number of nitrogens with zero attached hydrogens (tertiary/aromatic N) is 3. The Bertz CT molecular complexity index is 892. The van der Waals surface area contributed by atoms with Gasteiger partial charge >= 0.3 is 0 Å². The number of alkyl halides is 2. The summed E-state index contributed by atoms with van der Waals surface area (Å²) in [6, 6.07) is 3.62. The Hall–Kier alpha value is -2.19. The average molecular weight is 348 g/mol. The molecule has 0 saturated heterocycles. The van der Waals surface area contributed by atoms with E-state index < -0.39 is 17.9 Å². The second kappa shape index (κ2) is 5.42. The van der Waals surface area contributed by atoms with Crippen LogP contribution in [0.15, 0.2) is 30.9 Å². The molecule has 0 bridgehead atoms. The first-order valence-corrected chi connectivity index (χ1v) is 8.26. The summed E-state index contributed by atoms with van der Waals surface area (Å²) in [5.74, 6) is -3.13. The van der Waals surface area contributed by atoms with E-state index in [1.54, 1.807) is 18.5 Å². The predicted molar refractivity (Wildman–Crippen MR) is 87.7 cm³/mol. The lowest BCUT2D eigenvalue weighted by molar-refractivity contribution is -0.141. The Morgan fingerprint density at radius 3 is 2.62 bits per heavy atom. The largest absolute Gasteiger partial charge is 0.397 e. The van der Waals surface area contributed by atoms with Crippen molar-refractivity contribution >= 4 is 27.2 Å². The third-order valence-electron chi connectivity index (χ3n) is 4.32. The predicted octanol–water partition coefficient (Wildman–Crippen LogP) is 3.41. The van der Waals surface area contributed by atoms with Gasteiger partial charge in [0.05, 0.1) is 22.4 Å². The first kappa shape index (κ1) is 15.3. The minimum atomic E-state index is -2.67. The van der Waals surface area contributed by atoms with Gasteiger partial charge in [-0.05, 0) is 12.1 Å². The number of hydrogen-bond acceptors (Lipinski definition) is 6. The van der Waals surface area contributed by atoms with Crippen LogP contribution in [0.1, 0.15) is 23.8 Å². The molecule has 3 aromatic rings. The lowest BCUT2D eigenvalue weighted by atomic mass is 9.77. The SMILES string of the molecule is Nc1c([C@@H](O)C2CC(F)(F)C2)sc2nc(-c3cncnc3)ccc12. The zero-order valence-corrected chi connectivity index (χ0v) is 13.3. The van der Waals surface area contributed by atoms with Gasteiger partial charge in [-0.2, -0.15) is 0 Å². The van der Waals surface area contributed by atoms with Crippen LogP contribution < -0.4 is 5.73 Å². The molecule has 1 fully saturated rings. The van der Waals surface area contributed by atoms with Gasteiger partial charge in [-0.3, -0.25) is 0 Å². The molecular formula is C16H14F2N4OS. The highest BCUT2D eigenvalue weighted by Crippen LogP contribution is 2.51. The van der Waals surface area contributed by atoms with Crippen molar-refractivity contribution in [2.75, 3.05) is 5.73 Å². The highest BCUT2D eigenvalue weighted by Gasteiger charge is 2.49. The number of fused-ring (bicyclic) bond motifs is 1. The minimum absolute atomic E-state index is 0.304. The maximum Gasteiger partial charge on any atom is 0.248 e. The fourth-order valence-corrected chi connectivity index (χ4v) is 4.15. The molecular weight excluding hydrogens is 334 g/mol. The molecule has 1 aliphatic rings. The van der Waals surface area contributed by atoms with Gasteiger partial charge in [0.15, 0.2) is 0 Å². The standard InChI is InChI=1S/C16H14F2N4OS/c17-16(18)3-8(4-16)13(23)14-12(19)10-1-2-11(22-15(10)24-14)9-5-20-7-21-6-9/h1-2,5-8,13,23H,3-4,19H2/t13-/m0/s1. The Balaban J connectivity index is 1.70. The van der Waals surface area contributed by atoms with Crippen molar-refractivity contribution in [2.24, 2.45) is 5.92 Å². The molecule has 24 heavy (non-hydrogen) atoms. The number of pyridine rings is 1. The Morgan fingerprint density at radius 2 is 1.96 bits per heavy atom. The summed E-state index contributed by atoms with van der Waals surface area (Å²) < 4.78 is 26.1. The Kier molecular flexibility index (Phi) is 3.47. The van der Waals surface area contributed by atoms with E-state index in [0.29, 0.717) is 21.1 Å². The number of nitrogen functional groups attached to an aromatic ring is 1. The number of nitrogens with two attached hydrogens (primary N) is 1. The van der Waals surface area contributed by atoms with Crippen LogP contribution in [-0.4, -0.2) is 26.0 Å². The van der Waals surface area contributed by atoms with Gasteiger partial charge in [0.2, 0.25) is 5.92 Å². The summed E-state index contributed by atoms with van der Waals surface area (Å²) in [6.07, 6.45) is 3.17. The Labute approximate surface area is 140 Å². The summed E-state index contributed by atoms with van der Waals surface area (Å²) in [5.41, 5.74) is 7.99. The number of aliphatic hydroxyl groups excluding tert-OH is 1. The van der Waals surface area contributed by atoms with Crippen LogP contribution in [0.4, 0.5) is 14.5 Å². The number of hydrogen-bond donors (Lipinski definition) is 2. The van der Waals surface area contributed by atoms with Crippen LogP contribution in [-0.2, 0) is 0 Å². The van der Waals surface area contributed by atoms with Crippen molar-refractivity contribution in [3.05, 3.63) is 35.7 Å². The van der Waals surface area contributed by atoms with E-state index in [2.05, 4.69) is 15.0 Å². The number of rotatable bonds is 3. The van der Waals surface area contributed by atoms with E-state index in [4.69, 9.17) is 5.73 Å². The lowest BCUT2D eigenvalue weighted by Gasteiger charge is -2.37. The van der Waals surface area contributed by atoms with Gasteiger partial charge in [-0.1, -0.05) is 0 Å². The summed E-state index contributed by atoms with van der Waals surface area (Å²) in [4.78, 5) is 13.6. The molecule has 1 aliphatic carbocycles. The van der Waals surface area contributed by atoms with E-state index in [9.17, 15) is 13.9 Å². The second-order valence-corrected chi connectivity index (χ2v) is 7.06.